The minimum absolute atomic E-state index is 0. The molecule has 0 aliphatic carbocycles. The Balaban J connectivity index is 0. The monoisotopic (exact) mass is 297 g/mol. The van der Waals surface area contributed by atoms with Crippen molar-refractivity contribution in [1.29, 1.82) is 0 Å². The van der Waals surface area contributed by atoms with Gasteiger partial charge < -0.3 is 14.6 Å². The number of rotatable bonds is 9. The summed E-state index contributed by atoms with van der Waals surface area (Å²) in [5.74, 6) is 0.151. The second-order valence-electron chi connectivity index (χ2n) is 2.41. The fourth-order valence-corrected chi connectivity index (χ4v) is 1.09. The summed E-state index contributed by atoms with van der Waals surface area (Å²) in [7, 11) is 0. The van der Waals surface area contributed by atoms with E-state index in [9.17, 15) is 4.79 Å². The van der Waals surface area contributed by atoms with Crippen LogP contribution < -0.4 is 0 Å². The number of hydrogen-bond donors (Lipinski definition) is 1. The van der Waals surface area contributed by atoms with Crippen molar-refractivity contribution in [2.45, 2.75) is 6.42 Å². The molecule has 4 nitrogen and oxygen atoms in total. The fraction of sp³-hybridized carbons (Fsp3) is 0.875. The molecule has 0 aliphatic rings. The molecule has 0 fully saturated rings. The Kier molecular flexibility index (Phi) is 17.1. The summed E-state index contributed by atoms with van der Waals surface area (Å²) < 4.78 is 9.96. The van der Waals surface area contributed by atoms with Gasteiger partial charge in [-0.25, -0.2) is 4.79 Å². The molecule has 0 saturated heterocycles. The van der Waals surface area contributed by atoms with E-state index in [1.165, 1.54) is 0 Å². The Morgan fingerprint density at radius 1 is 1.29 bits per heavy atom. The van der Waals surface area contributed by atoms with Crippen LogP contribution in [0, 0.1) is 0 Å². The molecule has 0 unspecified atom stereocenters. The summed E-state index contributed by atoms with van der Waals surface area (Å²) in [6.07, 6.45) is 3.08. The second kappa shape index (κ2) is 13.8. The van der Waals surface area contributed by atoms with Crippen LogP contribution in [0.1, 0.15) is 6.42 Å². The Morgan fingerprint density at radius 3 is 2.50 bits per heavy atom. The van der Waals surface area contributed by atoms with Crippen LogP contribution >= 0.6 is 11.8 Å². The molecule has 0 saturated carbocycles. The molecule has 0 spiro atoms. The summed E-state index contributed by atoms with van der Waals surface area (Å²) in [4.78, 5) is 10.0. The molecule has 0 heterocycles. The molecule has 0 amide bonds. The van der Waals surface area contributed by atoms with E-state index in [-0.39, 0.29) is 39.3 Å². The Bertz CT molecular complexity index is 135. The van der Waals surface area contributed by atoms with Crippen molar-refractivity contribution in [3.8, 4) is 0 Å². The number of hydrogen-bond acceptors (Lipinski definition) is 4. The van der Waals surface area contributed by atoms with E-state index in [0.717, 1.165) is 18.8 Å². The minimum atomic E-state index is -0.942. The maximum atomic E-state index is 10.0. The molecule has 1 N–H and O–H groups in total. The van der Waals surface area contributed by atoms with Gasteiger partial charge in [-0.15, -0.1) is 0 Å². The predicted molar refractivity (Wildman–Crippen MR) is 52.3 cm³/mol. The average Bonchev–Trinajstić information content (AvgIpc) is 2.09. The van der Waals surface area contributed by atoms with Gasteiger partial charge in [0, 0.05) is 39.3 Å². The van der Waals surface area contributed by atoms with Gasteiger partial charge in [0.1, 0.15) is 6.61 Å². The van der Waals surface area contributed by atoms with Gasteiger partial charge in [0.15, 0.2) is 0 Å². The number of carboxylic acids is 1. The smallest absolute Gasteiger partial charge is 0.329 e. The van der Waals surface area contributed by atoms with Gasteiger partial charge in [0.25, 0.3) is 0 Å². The molecule has 6 heteroatoms. The van der Waals surface area contributed by atoms with Gasteiger partial charge >= 0.3 is 5.97 Å². The van der Waals surface area contributed by atoms with E-state index in [1.54, 1.807) is 11.8 Å². The predicted octanol–water partition coefficient (Wildman–Crippen LogP) is 0.855. The van der Waals surface area contributed by atoms with Crippen molar-refractivity contribution in [1.82, 2.24) is 0 Å². The van der Waals surface area contributed by atoms with Crippen LogP contribution in [0.2, 0.25) is 0 Å². The molecule has 81 valence electrons. The van der Waals surface area contributed by atoms with Gasteiger partial charge in [-0.05, 0) is 18.4 Å². The normalized spacial score (nSPS) is 9.50. The summed E-state index contributed by atoms with van der Waals surface area (Å²) in [5, 5.41) is 8.22. The first-order chi connectivity index (χ1) is 6.27. The van der Waals surface area contributed by atoms with Crippen molar-refractivity contribution in [2.75, 3.05) is 38.4 Å². The van der Waals surface area contributed by atoms with E-state index in [1.807, 2.05) is 0 Å². The third-order valence-corrected chi connectivity index (χ3v) is 1.93. The molecule has 0 aromatic rings. The molecular weight excluding hydrogens is 281 g/mol. The summed E-state index contributed by atoms with van der Waals surface area (Å²) >= 11 is 1.78. The van der Waals surface area contributed by atoms with Crippen LogP contribution in [0.5, 0.6) is 0 Å². The molecule has 0 aromatic carbocycles. The zero-order valence-corrected chi connectivity index (χ0v) is 12.1. The van der Waals surface area contributed by atoms with Crippen LogP contribution in [0.25, 0.3) is 0 Å². The van der Waals surface area contributed by atoms with E-state index >= 15 is 0 Å². The maximum Gasteiger partial charge on any atom is 0.329 e. The first-order valence-electron chi connectivity index (χ1n) is 4.13. The molecule has 0 rings (SSSR count). The van der Waals surface area contributed by atoms with E-state index in [2.05, 4.69) is 6.26 Å². The van der Waals surface area contributed by atoms with Gasteiger partial charge in [-0.1, -0.05) is 0 Å². The number of thioether (sulfide) groups is 1. The summed E-state index contributed by atoms with van der Waals surface area (Å²) in [6.45, 7) is 1.30. The zero-order valence-electron chi connectivity index (χ0n) is 8.40. The number of ether oxygens (including phenoxy) is 2. The van der Waals surface area contributed by atoms with Gasteiger partial charge in [0.2, 0.25) is 0 Å². The van der Waals surface area contributed by atoms with Crippen molar-refractivity contribution in [2.24, 2.45) is 0 Å². The Morgan fingerprint density at radius 2 is 1.93 bits per heavy atom. The van der Waals surface area contributed by atoms with Crippen LogP contribution in [0.4, 0.5) is 0 Å². The van der Waals surface area contributed by atoms with E-state index in [4.69, 9.17) is 14.6 Å². The van der Waals surface area contributed by atoms with Gasteiger partial charge in [-0.2, -0.15) is 11.8 Å². The molecular formula is C8H16O4SY. The minimum Gasteiger partial charge on any atom is -0.480 e. The summed E-state index contributed by atoms with van der Waals surface area (Å²) in [6, 6.07) is 0. The summed E-state index contributed by atoms with van der Waals surface area (Å²) in [5.41, 5.74) is 0. The number of carboxylic acid groups (broad SMARTS) is 1. The zero-order chi connectivity index (χ0) is 9.94. The largest absolute Gasteiger partial charge is 0.480 e. The molecule has 0 atom stereocenters. The van der Waals surface area contributed by atoms with Crippen LogP contribution in [0.3, 0.4) is 0 Å². The Labute approximate surface area is 114 Å². The second-order valence-corrected chi connectivity index (χ2v) is 3.39. The van der Waals surface area contributed by atoms with Gasteiger partial charge in [0.05, 0.1) is 13.2 Å². The third-order valence-electron chi connectivity index (χ3n) is 1.23. The average molecular weight is 297 g/mol. The topological polar surface area (TPSA) is 55.8 Å². The first kappa shape index (κ1) is 17.2. The van der Waals surface area contributed by atoms with Crippen LogP contribution in [-0.4, -0.2) is 49.5 Å². The molecule has 0 bridgehead atoms. The first-order valence-corrected chi connectivity index (χ1v) is 5.53. The van der Waals surface area contributed by atoms with Crippen molar-refractivity contribution in [3.05, 3.63) is 0 Å². The SMILES string of the molecule is CSCCCOCCOCC(=O)O.[Y]. The maximum absolute atomic E-state index is 10.0. The van der Waals surface area contributed by atoms with Crippen molar-refractivity contribution in [3.63, 3.8) is 0 Å². The van der Waals surface area contributed by atoms with Crippen molar-refractivity contribution >= 4 is 17.7 Å². The molecule has 0 aliphatic heterocycles. The van der Waals surface area contributed by atoms with Crippen LogP contribution in [-0.2, 0) is 47.0 Å². The molecule has 14 heavy (non-hydrogen) atoms. The quantitative estimate of drug-likeness (QED) is 0.640. The molecule has 1 radical (unpaired) electrons. The standard InChI is InChI=1S/C8H16O4S.Y/c1-13-6-2-3-11-4-5-12-7-8(9)10;/h2-7H2,1H3,(H,9,10);. The van der Waals surface area contributed by atoms with E-state index in [0.29, 0.717) is 13.2 Å². The third kappa shape index (κ3) is 15.3. The van der Waals surface area contributed by atoms with Gasteiger partial charge in [-0.3, -0.25) is 0 Å². The fourth-order valence-electron chi connectivity index (χ4n) is 0.685. The van der Waals surface area contributed by atoms with Crippen LogP contribution in [0.15, 0.2) is 0 Å². The number of carbonyl (C=O) groups is 1. The van der Waals surface area contributed by atoms with E-state index < -0.39 is 5.97 Å². The Hall–Kier alpha value is 0.844. The molecule has 0 aromatic heterocycles. The number of aliphatic carboxylic acids is 1. The van der Waals surface area contributed by atoms with Crippen molar-refractivity contribution < 1.29 is 52.1 Å².